The molecule has 2 rings (SSSR count). The highest BCUT2D eigenvalue weighted by atomic mass is 19.1. The van der Waals surface area contributed by atoms with Gasteiger partial charge in [-0.2, -0.15) is 0 Å². The predicted octanol–water partition coefficient (Wildman–Crippen LogP) is 2.14. The van der Waals surface area contributed by atoms with Gasteiger partial charge in [-0.1, -0.05) is 42.5 Å². The predicted molar refractivity (Wildman–Crippen MR) is 71.6 cm³/mol. The highest BCUT2D eigenvalue weighted by Crippen LogP contribution is 2.14. The van der Waals surface area contributed by atoms with Crippen molar-refractivity contribution < 1.29 is 9.18 Å². The Balaban J connectivity index is 2.09. The van der Waals surface area contributed by atoms with Crippen molar-refractivity contribution in [2.75, 3.05) is 0 Å². The van der Waals surface area contributed by atoms with E-state index >= 15 is 0 Å². The number of hydrogen-bond acceptors (Lipinski definition) is 2. The molecule has 0 bridgehead atoms. The summed E-state index contributed by atoms with van der Waals surface area (Å²) in [6.45, 7) is 0.520. The average Bonchev–Trinajstić information content (AvgIpc) is 2.42. The number of benzene rings is 2. The first-order valence-corrected chi connectivity index (χ1v) is 5.99. The van der Waals surface area contributed by atoms with Gasteiger partial charge in [-0.25, -0.2) is 4.39 Å². The molecule has 98 valence electrons. The fourth-order valence-electron chi connectivity index (χ4n) is 1.85. The monoisotopic (exact) mass is 258 g/mol. The lowest BCUT2D eigenvalue weighted by molar-refractivity contribution is -0.120. The summed E-state index contributed by atoms with van der Waals surface area (Å²) in [6.07, 6.45) is 0. The Hall–Kier alpha value is -2.20. The van der Waals surface area contributed by atoms with Gasteiger partial charge in [0.25, 0.3) is 0 Å². The second-order valence-corrected chi connectivity index (χ2v) is 4.25. The van der Waals surface area contributed by atoms with Crippen molar-refractivity contribution in [3.05, 3.63) is 71.5 Å². The molecule has 0 aromatic heterocycles. The van der Waals surface area contributed by atoms with Gasteiger partial charge in [-0.05, 0) is 23.3 Å². The third-order valence-electron chi connectivity index (χ3n) is 2.84. The van der Waals surface area contributed by atoms with Gasteiger partial charge in [0.2, 0.25) is 5.91 Å². The topological polar surface area (TPSA) is 55.1 Å². The smallest absolute Gasteiger partial charge is 0.239 e. The largest absolute Gasteiger partial charge is 0.368 e. The Morgan fingerprint density at radius 3 is 2.32 bits per heavy atom. The van der Waals surface area contributed by atoms with E-state index in [0.29, 0.717) is 12.1 Å². The lowest BCUT2D eigenvalue weighted by Crippen LogP contribution is -2.33. The van der Waals surface area contributed by atoms with Crippen molar-refractivity contribution in [2.45, 2.75) is 12.6 Å². The lowest BCUT2D eigenvalue weighted by atomic mass is 10.1. The van der Waals surface area contributed by atoms with Crippen LogP contribution in [0.4, 0.5) is 4.39 Å². The van der Waals surface area contributed by atoms with Crippen LogP contribution in [0.25, 0.3) is 0 Å². The van der Waals surface area contributed by atoms with E-state index < -0.39 is 11.9 Å². The molecule has 0 saturated carbocycles. The molecule has 19 heavy (non-hydrogen) atoms. The van der Waals surface area contributed by atoms with E-state index in [1.54, 1.807) is 12.1 Å². The second-order valence-electron chi connectivity index (χ2n) is 4.25. The molecule has 2 aromatic rings. The second kappa shape index (κ2) is 6.11. The first-order chi connectivity index (χ1) is 9.16. The Labute approximate surface area is 111 Å². The molecular formula is C15H15FN2O. The first-order valence-electron chi connectivity index (χ1n) is 5.99. The van der Waals surface area contributed by atoms with Crippen molar-refractivity contribution in [1.82, 2.24) is 5.32 Å². The molecule has 0 heterocycles. The van der Waals surface area contributed by atoms with Crippen LogP contribution >= 0.6 is 0 Å². The minimum absolute atomic E-state index is 0.338. The van der Waals surface area contributed by atoms with Gasteiger partial charge >= 0.3 is 0 Å². The van der Waals surface area contributed by atoms with Crippen molar-refractivity contribution in [1.29, 1.82) is 0 Å². The molecular weight excluding hydrogens is 243 g/mol. The van der Waals surface area contributed by atoms with Crippen molar-refractivity contribution in [3.63, 3.8) is 0 Å². The van der Waals surface area contributed by atoms with Gasteiger partial charge in [0, 0.05) is 6.54 Å². The van der Waals surface area contributed by atoms with E-state index in [4.69, 9.17) is 5.73 Å². The zero-order chi connectivity index (χ0) is 13.7. The molecule has 0 aliphatic heterocycles. The lowest BCUT2D eigenvalue weighted by Gasteiger charge is -2.16. The maximum Gasteiger partial charge on any atom is 0.239 e. The minimum Gasteiger partial charge on any atom is -0.368 e. The quantitative estimate of drug-likeness (QED) is 0.863. The van der Waals surface area contributed by atoms with Gasteiger partial charge in [-0.3, -0.25) is 10.1 Å². The number of primary amides is 1. The van der Waals surface area contributed by atoms with E-state index in [0.717, 1.165) is 5.56 Å². The van der Waals surface area contributed by atoms with Crippen LogP contribution in [-0.2, 0) is 11.3 Å². The van der Waals surface area contributed by atoms with Crippen LogP contribution in [0.5, 0.6) is 0 Å². The highest BCUT2D eigenvalue weighted by Gasteiger charge is 2.16. The summed E-state index contributed by atoms with van der Waals surface area (Å²) in [5.41, 5.74) is 7.08. The molecule has 0 spiro atoms. The van der Waals surface area contributed by atoms with Gasteiger partial charge in [0.15, 0.2) is 0 Å². The minimum atomic E-state index is -0.624. The van der Waals surface area contributed by atoms with Crippen LogP contribution in [0.15, 0.2) is 54.6 Å². The van der Waals surface area contributed by atoms with Crippen LogP contribution in [-0.4, -0.2) is 5.91 Å². The van der Waals surface area contributed by atoms with Crippen molar-refractivity contribution >= 4 is 5.91 Å². The third-order valence-corrected chi connectivity index (χ3v) is 2.84. The van der Waals surface area contributed by atoms with E-state index in [1.807, 2.05) is 30.3 Å². The molecule has 2 aromatic carbocycles. The fraction of sp³-hybridized carbons (Fsp3) is 0.133. The molecule has 3 N–H and O–H groups in total. The van der Waals surface area contributed by atoms with Crippen LogP contribution < -0.4 is 11.1 Å². The van der Waals surface area contributed by atoms with Gasteiger partial charge < -0.3 is 5.73 Å². The van der Waals surface area contributed by atoms with E-state index in [2.05, 4.69) is 5.32 Å². The molecule has 0 aliphatic carbocycles. The van der Waals surface area contributed by atoms with Gasteiger partial charge in [-0.15, -0.1) is 0 Å². The summed E-state index contributed by atoms with van der Waals surface area (Å²) in [7, 11) is 0. The summed E-state index contributed by atoms with van der Waals surface area (Å²) in [5, 5.41) is 3.07. The maximum absolute atomic E-state index is 12.9. The maximum atomic E-state index is 12.9. The highest BCUT2D eigenvalue weighted by molar-refractivity contribution is 5.81. The summed E-state index contributed by atoms with van der Waals surface area (Å²) >= 11 is 0. The van der Waals surface area contributed by atoms with Crippen LogP contribution in [0.1, 0.15) is 17.2 Å². The number of hydrogen-bond donors (Lipinski definition) is 2. The zero-order valence-electron chi connectivity index (χ0n) is 10.3. The fourth-order valence-corrected chi connectivity index (χ4v) is 1.85. The molecule has 0 unspecified atom stereocenters. The number of rotatable bonds is 5. The normalized spacial score (nSPS) is 12.1. The number of carbonyl (C=O) groups is 1. The molecule has 0 fully saturated rings. The Morgan fingerprint density at radius 2 is 1.74 bits per heavy atom. The van der Waals surface area contributed by atoms with Gasteiger partial charge in [0.1, 0.15) is 11.9 Å². The number of halogens is 1. The number of nitrogens with two attached hydrogens (primary N) is 1. The van der Waals surface area contributed by atoms with Gasteiger partial charge in [0.05, 0.1) is 0 Å². The van der Waals surface area contributed by atoms with Crippen molar-refractivity contribution in [3.8, 4) is 0 Å². The third kappa shape index (κ3) is 3.63. The zero-order valence-corrected chi connectivity index (χ0v) is 10.3. The molecule has 4 heteroatoms. The molecule has 0 aliphatic rings. The number of amides is 1. The number of nitrogens with one attached hydrogen (secondary N) is 1. The molecule has 3 nitrogen and oxygen atoms in total. The van der Waals surface area contributed by atoms with Crippen molar-refractivity contribution in [2.24, 2.45) is 5.73 Å². The number of carbonyl (C=O) groups excluding carboxylic acids is 1. The van der Waals surface area contributed by atoms with E-state index in [-0.39, 0.29) is 5.82 Å². The summed E-state index contributed by atoms with van der Waals surface area (Å²) in [6, 6.07) is 14.8. The summed E-state index contributed by atoms with van der Waals surface area (Å²) < 4.78 is 12.9. The Morgan fingerprint density at radius 1 is 1.11 bits per heavy atom. The standard InChI is InChI=1S/C15H15FN2O/c16-13-8-6-12(7-9-13)14(15(17)19)18-10-11-4-2-1-3-5-11/h1-9,14,18H,10H2,(H2,17,19)/t14-/m0/s1. The van der Waals surface area contributed by atoms with E-state index in [9.17, 15) is 9.18 Å². The van der Waals surface area contributed by atoms with Crippen LogP contribution in [0.2, 0.25) is 0 Å². The Kier molecular flexibility index (Phi) is 4.26. The van der Waals surface area contributed by atoms with Crippen LogP contribution in [0, 0.1) is 5.82 Å². The molecule has 0 saturated heterocycles. The van der Waals surface area contributed by atoms with E-state index in [1.165, 1.54) is 12.1 Å². The average molecular weight is 258 g/mol. The molecule has 0 radical (unpaired) electrons. The van der Waals surface area contributed by atoms with Crippen LogP contribution in [0.3, 0.4) is 0 Å². The summed E-state index contributed by atoms with van der Waals surface area (Å²) in [5.74, 6) is -0.822. The molecule has 1 atom stereocenters. The first kappa shape index (κ1) is 13.2. The Bertz CT molecular complexity index is 540. The molecule has 1 amide bonds. The summed E-state index contributed by atoms with van der Waals surface area (Å²) in [4.78, 5) is 11.5. The SMILES string of the molecule is NC(=O)[C@@H](NCc1ccccc1)c1ccc(F)cc1.